The number of carbonyl (C=O) groups excluding carboxylic acids is 3. The topological polar surface area (TPSA) is 154 Å². The highest BCUT2D eigenvalue weighted by Gasteiger charge is 2.34. The lowest BCUT2D eigenvalue weighted by Gasteiger charge is -2.28. The molecule has 37 heavy (non-hydrogen) atoms. The summed E-state index contributed by atoms with van der Waals surface area (Å²) in [7, 11) is 0. The summed E-state index contributed by atoms with van der Waals surface area (Å²) >= 11 is 0. The Morgan fingerprint density at radius 2 is 1.57 bits per heavy atom. The highest BCUT2D eigenvalue weighted by Crippen LogP contribution is 2.13. The average molecular weight is 530 g/mol. The second-order valence-corrected chi connectivity index (χ2v) is 9.28. The van der Waals surface area contributed by atoms with Crippen molar-refractivity contribution >= 4 is 23.9 Å². The van der Waals surface area contributed by atoms with Gasteiger partial charge in [0.1, 0.15) is 18.7 Å². The van der Waals surface area contributed by atoms with Crippen molar-refractivity contribution in [3.63, 3.8) is 0 Å². The van der Waals surface area contributed by atoms with E-state index in [4.69, 9.17) is 9.84 Å². The van der Waals surface area contributed by atoms with Crippen molar-refractivity contribution < 1.29 is 42.9 Å². The monoisotopic (exact) mass is 529 g/mol. The van der Waals surface area contributed by atoms with E-state index in [0.717, 1.165) is 5.56 Å². The molecule has 3 amide bonds. The summed E-state index contributed by atoms with van der Waals surface area (Å²) in [6.45, 7) is 7.04. The van der Waals surface area contributed by atoms with Gasteiger partial charge in [-0.2, -0.15) is 0 Å². The summed E-state index contributed by atoms with van der Waals surface area (Å²) in [6, 6.07) is 4.84. The van der Waals surface area contributed by atoms with E-state index in [1.807, 2.05) is 13.0 Å². The molecule has 5 N–H and O–H groups in total. The van der Waals surface area contributed by atoms with Crippen molar-refractivity contribution in [1.82, 2.24) is 16.0 Å². The van der Waals surface area contributed by atoms with Gasteiger partial charge in [-0.3, -0.25) is 9.59 Å². The van der Waals surface area contributed by atoms with E-state index in [1.165, 1.54) is 0 Å². The van der Waals surface area contributed by atoms with Gasteiger partial charge in [-0.05, 0) is 23.8 Å². The maximum atomic E-state index is 13.1. The summed E-state index contributed by atoms with van der Waals surface area (Å²) in [5.74, 6) is -3.88. The predicted molar refractivity (Wildman–Crippen MR) is 131 cm³/mol. The summed E-state index contributed by atoms with van der Waals surface area (Å²) in [5, 5.41) is 25.9. The number of alkyl halides is 2. The van der Waals surface area contributed by atoms with Crippen molar-refractivity contribution in [3.05, 3.63) is 35.9 Å². The molecule has 208 valence electrons. The van der Waals surface area contributed by atoms with Gasteiger partial charge in [-0.1, -0.05) is 64.4 Å². The first-order chi connectivity index (χ1) is 17.3. The van der Waals surface area contributed by atoms with Gasteiger partial charge in [-0.15, -0.1) is 0 Å². The Kier molecular flexibility index (Phi) is 13.5. The Balaban J connectivity index is 2.97. The Labute approximate surface area is 215 Å². The molecule has 12 heteroatoms. The van der Waals surface area contributed by atoms with Crippen LogP contribution in [0.25, 0.3) is 0 Å². The van der Waals surface area contributed by atoms with Crippen molar-refractivity contribution in [3.8, 4) is 0 Å². The zero-order valence-corrected chi connectivity index (χ0v) is 21.4. The van der Waals surface area contributed by atoms with Gasteiger partial charge in [0.15, 0.2) is 6.10 Å². The molecule has 0 fully saturated rings. The van der Waals surface area contributed by atoms with Gasteiger partial charge >= 0.3 is 12.1 Å². The molecule has 0 bridgehead atoms. The molecule has 0 aliphatic heterocycles. The number of carboxylic acids is 1. The summed E-state index contributed by atoms with van der Waals surface area (Å²) in [6.07, 6.45) is -6.59. The first-order valence-corrected chi connectivity index (χ1v) is 12.1. The van der Waals surface area contributed by atoms with Crippen molar-refractivity contribution in [2.45, 2.75) is 84.2 Å². The molecule has 10 nitrogen and oxygen atoms in total. The maximum Gasteiger partial charge on any atom is 0.408 e. The highest BCUT2D eigenvalue weighted by molar-refractivity contribution is 5.91. The lowest BCUT2D eigenvalue weighted by molar-refractivity contribution is -0.149. The Morgan fingerprint density at radius 3 is 2.08 bits per heavy atom. The number of halogens is 2. The Hall–Kier alpha value is -3.28. The zero-order valence-electron chi connectivity index (χ0n) is 21.4. The van der Waals surface area contributed by atoms with E-state index in [2.05, 4.69) is 16.0 Å². The normalized spacial score (nSPS) is 15.3. The number of rotatable bonds is 15. The summed E-state index contributed by atoms with van der Waals surface area (Å²) in [5.41, 5.74) is 0.748. The molecule has 0 spiro atoms. The highest BCUT2D eigenvalue weighted by atomic mass is 19.3. The average Bonchev–Trinajstić information content (AvgIpc) is 2.84. The van der Waals surface area contributed by atoms with Crippen LogP contribution in [0.1, 0.15) is 52.5 Å². The molecular formula is C25H37F2N3O7. The first kappa shape index (κ1) is 31.7. The van der Waals surface area contributed by atoms with Gasteiger partial charge < -0.3 is 30.9 Å². The summed E-state index contributed by atoms with van der Waals surface area (Å²) < 4.78 is 31.1. The number of carbonyl (C=O) groups is 4. The first-order valence-electron chi connectivity index (χ1n) is 12.1. The van der Waals surface area contributed by atoms with Crippen LogP contribution in [0.5, 0.6) is 0 Å². The number of carboxylic acid groups (broad SMARTS) is 1. The number of hydrogen-bond donors (Lipinski definition) is 5. The Morgan fingerprint density at radius 1 is 0.946 bits per heavy atom. The maximum absolute atomic E-state index is 13.1. The van der Waals surface area contributed by atoms with Crippen LogP contribution in [-0.4, -0.2) is 64.7 Å². The molecule has 1 unspecified atom stereocenters. The quantitative estimate of drug-likeness (QED) is 0.234. The van der Waals surface area contributed by atoms with Crippen LogP contribution in [0.3, 0.4) is 0 Å². The lowest BCUT2D eigenvalue weighted by atomic mass is 9.96. The van der Waals surface area contributed by atoms with Crippen LogP contribution in [0, 0.1) is 11.8 Å². The number of nitrogens with one attached hydrogen (secondary N) is 3. The number of aliphatic hydroxyl groups is 1. The van der Waals surface area contributed by atoms with Crippen LogP contribution in [0.15, 0.2) is 30.3 Å². The molecule has 0 aliphatic carbocycles. The molecule has 0 saturated carbocycles. The Bertz CT molecular complexity index is 886. The minimum absolute atomic E-state index is 0.0165. The van der Waals surface area contributed by atoms with Crippen LogP contribution in [0.4, 0.5) is 13.6 Å². The molecule has 1 aromatic carbocycles. The van der Waals surface area contributed by atoms with E-state index >= 15 is 0 Å². The van der Waals surface area contributed by atoms with Crippen LogP contribution in [-0.2, 0) is 25.7 Å². The van der Waals surface area contributed by atoms with Gasteiger partial charge in [0.2, 0.25) is 18.2 Å². The molecule has 0 aromatic heterocycles. The van der Waals surface area contributed by atoms with E-state index in [-0.39, 0.29) is 24.9 Å². The molecule has 1 aromatic rings. The van der Waals surface area contributed by atoms with E-state index in [0.29, 0.717) is 6.42 Å². The number of ether oxygens (including phenoxy) is 1. The van der Waals surface area contributed by atoms with Crippen LogP contribution >= 0.6 is 0 Å². The SMILES string of the molecule is CC[C@H](C)[C@H](NC(=O)OCc1ccccc1)C(=O)N[C@@H](CC(C)C)C(=O)N[C@@H](CC(F)F)C(O)C(=O)O. The van der Waals surface area contributed by atoms with Crippen molar-refractivity contribution in [2.75, 3.05) is 0 Å². The molecule has 5 atom stereocenters. The van der Waals surface area contributed by atoms with Crippen LogP contribution in [0.2, 0.25) is 0 Å². The predicted octanol–water partition coefficient (Wildman–Crippen LogP) is 2.44. The summed E-state index contributed by atoms with van der Waals surface area (Å²) in [4.78, 5) is 49.5. The standard InChI is InChI=1S/C25H37F2N3O7/c1-5-15(4)20(30-25(36)37-13-16-9-7-6-8-10-16)23(33)29-18(11-14(2)3)22(32)28-17(12-19(26)27)21(31)24(34)35/h6-10,14-15,17-21,31H,5,11-13H2,1-4H3,(H,28,32)(H,29,33)(H,30,36)(H,34,35)/t15-,17-,18-,20-,21?/m0/s1. The number of hydrogen-bond acceptors (Lipinski definition) is 6. The van der Waals surface area contributed by atoms with E-state index in [1.54, 1.807) is 45.0 Å². The molecule has 1 rings (SSSR count). The lowest BCUT2D eigenvalue weighted by Crippen LogP contribution is -2.58. The fourth-order valence-corrected chi connectivity index (χ4v) is 3.47. The van der Waals surface area contributed by atoms with Crippen LogP contribution < -0.4 is 16.0 Å². The molecule has 0 aliphatic rings. The molecular weight excluding hydrogens is 492 g/mol. The van der Waals surface area contributed by atoms with Gasteiger partial charge in [-0.25, -0.2) is 18.4 Å². The zero-order chi connectivity index (χ0) is 28.1. The van der Waals surface area contributed by atoms with E-state index in [9.17, 15) is 33.1 Å². The van der Waals surface area contributed by atoms with Crippen molar-refractivity contribution in [1.29, 1.82) is 0 Å². The smallest absolute Gasteiger partial charge is 0.408 e. The molecule has 0 radical (unpaired) electrons. The largest absolute Gasteiger partial charge is 0.479 e. The van der Waals surface area contributed by atoms with Gasteiger partial charge in [0.05, 0.1) is 6.04 Å². The third kappa shape index (κ3) is 11.5. The number of amides is 3. The third-order valence-corrected chi connectivity index (χ3v) is 5.72. The minimum Gasteiger partial charge on any atom is -0.479 e. The fourth-order valence-electron chi connectivity index (χ4n) is 3.47. The number of aliphatic hydroxyl groups excluding tert-OH is 1. The number of benzene rings is 1. The minimum atomic E-state index is -2.99. The fraction of sp³-hybridized carbons (Fsp3) is 0.600. The number of aliphatic carboxylic acids is 1. The van der Waals surface area contributed by atoms with Gasteiger partial charge in [0.25, 0.3) is 0 Å². The number of alkyl carbamates (subject to hydrolysis) is 1. The van der Waals surface area contributed by atoms with E-state index < -0.39 is 61.0 Å². The second-order valence-electron chi connectivity index (χ2n) is 9.28. The third-order valence-electron chi connectivity index (χ3n) is 5.72. The van der Waals surface area contributed by atoms with Gasteiger partial charge in [0, 0.05) is 6.42 Å². The van der Waals surface area contributed by atoms with Crippen molar-refractivity contribution in [2.24, 2.45) is 11.8 Å². The second kappa shape index (κ2) is 15.7. The molecule has 0 saturated heterocycles. The molecule has 0 heterocycles.